The van der Waals surface area contributed by atoms with E-state index in [1.165, 1.54) is 6.08 Å². The van der Waals surface area contributed by atoms with Crippen molar-refractivity contribution in [2.24, 2.45) is 4.99 Å². The van der Waals surface area contributed by atoms with E-state index in [0.717, 1.165) is 12.1 Å². The highest BCUT2D eigenvalue weighted by molar-refractivity contribution is 14.1. The maximum atomic E-state index is 12.4. The summed E-state index contributed by atoms with van der Waals surface area (Å²) >= 11 is 7.15. The van der Waals surface area contributed by atoms with Gasteiger partial charge in [0.1, 0.15) is 0 Å². The van der Waals surface area contributed by atoms with Crippen LogP contribution >= 0.6 is 34.2 Å². The molecular formula is C8H2ClF3INO. The summed E-state index contributed by atoms with van der Waals surface area (Å²) in [6.07, 6.45) is -3.38. The monoisotopic (exact) mass is 347 g/mol. The van der Waals surface area contributed by atoms with Gasteiger partial charge in [-0.05, 0) is 34.7 Å². The van der Waals surface area contributed by atoms with Gasteiger partial charge < -0.3 is 0 Å². The number of benzene rings is 1. The van der Waals surface area contributed by atoms with Gasteiger partial charge in [-0.1, -0.05) is 11.6 Å². The molecule has 0 radical (unpaired) electrons. The van der Waals surface area contributed by atoms with Gasteiger partial charge >= 0.3 is 6.18 Å². The second-order valence-electron chi connectivity index (χ2n) is 2.48. The Hall–Kier alpha value is -0.590. The Bertz CT molecular complexity index is 440. The average Bonchev–Trinajstić information content (AvgIpc) is 2.07. The molecule has 80 valence electrons. The molecule has 0 saturated heterocycles. The second kappa shape index (κ2) is 4.51. The van der Waals surface area contributed by atoms with E-state index in [1.54, 1.807) is 22.6 Å². The van der Waals surface area contributed by atoms with Gasteiger partial charge in [0.15, 0.2) is 0 Å². The fourth-order valence-corrected chi connectivity index (χ4v) is 1.93. The lowest BCUT2D eigenvalue weighted by Crippen LogP contribution is -2.05. The molecule has 0 unspecified atom stereocenters. The summed E-state index contributed by atoms with van der Waals surface area (Å²) in [5.41, 5.74) is -1.11. The zero-order chi connectivity index (χ0) is 11.6. The van der Waals surface area contributed by atoms with Crippen LogP contribution in [0.1, 0.15) is 5.56 Å². The number of hydrogen-bond donors (Lipinski definition) is 0. The second-order valence-corrected chi connectivity index (χ2v) is 4.05. The molecule has 0 fully saturated rings. The van der Waals surface area contributed by atoms with Gasteiger partial charge in [0.05, 0.1) is 16.3 Å². The third-order valence-corrected chi connectivity index (χ3v) is 2.68. The Morgan fingerprint density at radius 1 is 1.40 bits per heavy atom. The summed E-state index contributed by atoms with van der Waals surface area (Å²) in [6.45, 7) is 0. The highest BCUT2D eigenvalue weighted by atomic mass is 127. The molecule has 0 amide bonds. The average molecular weight is 347 g/mol. The topological polar surface area (TPSA) is 29.4 Å². The molecule has 0 saturated carbocycles. The normalized spacial score (nSPS) is 11.0. The molecule has 0 heterocycles. The number of nitrogens with zero attached hydrogens (tertiary/aromatic N) is 1. The third-order valence-electron chi connectivity index (χ3n) is 1.51. The first-order valence-corrected chi connectivity index (χ1v) is 4.96. The lowest BCUT2D eigenvalue weighted by atomic mass is 10.2. The SMILES string of the molecule is O=C=Nc1cc(C(F)(F)F)c(Cl)cc1I. The van der Waals surface area contributed by atoms with Crippen molar-refractivity contribution in [1.82, 2.24) is 0 Å². The van der Waals surface area contributed by atoms with Gasteiger partial charge in [-0.2, -0.15) is 18.2 Å². The smallest absolute Gasteiger partial charge is 0.211 e. The van der Waals surface area contributed by atoms with Crippen LogP contribution in [0.3, 0.4) is 0 Å². The number of rotatable bonds is 1. The molecule has 7 heteroatoms. The van der Waals surface area contributed by atoms with Crippen molar-refractivity contribution >= 4 is 46.0 Å². The van der Waals surface area contributed by atoms with Crippen molar-refractivity contribution in [1.29, 1.82) is 0 Å². The molecule has 0 aliphatic heterocycles. The van der Waals surface area contributed by atoms with Gasteiger partial charge in [-0.3, -0.25) is 0 Å². The Kier molecular flexibility index (Phi) is 3.75. The lowest BCUT2D eigenvalue weighted by molar-refractivity contribution is -0.137. The van der Waals surface area contributed by atoms with Crippen molar-refractivity contribution in [3.63, 3.8) is 0 Å². The molecule has 2 nitrogen and oxygen atoms in total. The van der Waals surface area contributed by atoms with Crippen molar-refractivity contribution in [2.75, 3.05) is 0 Å². The molecule has 0 aromatic heterocycles. The van der Waals surface area contributed by atoms with Gasteiger partial charge in [-0.25, -0.2) is 4.79 Å². The fraction of sp³-hybridized carbons (Fsp3) is 0.125. The van der Waals surface area contributed by atoms with Crippen LogP contribution in [0.2, 0.25) is 5.02 Å². The van der Waals surface area contributed by atoms with Crippen molar-refractivity contribution in [3.8, 4) is 0 Å². The van der Waals surface area contributed by atoms with E-state index in [2.05, 4.69) is 4.99 Å². The molecule has 1 aromatic carbocycles. The zero-order valence-corrected chi connectivity index (χ0v) is 9.81. The Morgan fingerprint density at radius 2 is 2.00 bits per heavy atom. The van der Waals surface area contributed by atoms with Crippen molar-refractivity contribution in [3.05, 3.63) is 26.3 Å². The summed E-state index contributed by atoms with van der Waals surface area (Å²) in [6, 6.07) is 1.82. The molecule has 1 aromatic rings. The van der Waals surface area contributed by atoms with E-state index in [4.69, 9.17) is 11.6 Å². The summed E-state index contributed by atoms with van der Waals surface area (Å²) in [5, 5.41) is -0.420. The molecule has 15 heavy (non-hydrogen) atoms. The van der Waals surface area contributed by atoms with E-state index in [9.17, 15) is 18.0 Å². The van der Waals surface area contributed by atoms with E-state index in [0.29, 0.717) is 3.57 Å². The highest BCUT2D eigenvalue weighted by Crippen LogP contribution is 2.38. The van der Waals surface area contributed by atoms with Crippen LogP contribution in [0, 0.1) is 3.57 Å². The minimum Gasteiger partial charge on any atom is -0.211 e. The highest BCUT2D eigenvalue weighted by Gasteiger charge is 2.33. The largest absolute Gasteiger partial charge is 0.417 e. The van der Waals surface area contributed by atoms with Gasteiger partial charge in [0, 0.05) is 3.57 Å². The molecule has 1 rings (SSSR count). The van der Waals surface area contributed by atoms with Crippen LogP contribution in [0.25, 0.3) is 0 Å². The standard InChI is InChI=1S/C8H2ClF3INO/c9-5-2-6(13)7(14-3-15)1-4(5)8(10,11)12/h1-2H. The predicted octanol–water partition coefficient (Wildman–Crippen LogP) is 3.93. The molecular weight excluding hydrogens is 345 g/mol. The van der Waals surface area contributed by atoms with Crippen LogP contribution < -0.4 is 0 Å². The van der Waals surface area contributed by atoms with Gasteiger partial charge in [0.25, 0.3) is 0 Å². The molecule has 0 spiro atoms. The quantitative estimate of drug-likeness (QED) is 0.430. The number of carbonyl (C=O) groups excluding carboxylic acids is 1. The summed E-state index contributed by atoms with van der Waals surface area (Å²) < 4.78 is 37.5. The number of halogens is 5. The summed E-state index contributed by atoms with van der Waals surface area (Å²) in [7, 11) is 0. The first kappa shape index (κ1) is 12.5. The van der Waals surface area contributed by atoms with Gasteiger partial charge in [-0.15, -0.1) is 0 Å². The Labute approximate surface area is 101 Å². The molecule has 0 aliphatic rings. The van der Waals surface area contributed by atoms with E-state index < -0.39 is 16.8 Å². The molecule has 0 aliphatic carbocycles. The Balaban J connectivity index is 3.42. The van der Waals surface area contributed by atoms with E-state index in [1.807, 2.05) is 0 Å². The molecule has 0 bridgehead atoms. The lowest BCUT2D eigenvalue weighted by Gasteiger charge is -2.09. The minimum atomic E-state index is -4.56. The van der Waals surface area contributed by atoms with Crippen molar-refractivity contribution in [2.45, 2.75) is 6.18 Å². The summed E-state index contributed by atoms with van der Waals surface area (Å²) in [5.74, 6) is 0. The molecule has 0 atom stereocenters. The first-order chi connectivity index (χ1) is 6.86. The third kappa shape index (κ3) is 2.93. The number of hydrogen-bond acceptors (Lipinski definition) is 2. The maximum absolute atomic E-state index is 12.4. The van der Waals surface area contributed by atoms with Gasteiger partial charge in [0.2, 0.25) is 6.08 Å². The van der Waals surface area contributed by atoms with Crippen LogP contribution in [0.5, 0.6) is 0 Å². The minimum absolute atomic E-state index is 0.0951. The van der Waals surface area contributed by atoms with E-state index in [-0.39, 0.29) is 5.69 Å². The van der Waals surface area contributed by atoms with E-state index >= 15 is 0 Å². The van der Waals surface area contributed by atoms with Crippen LogP contribution in [-0.2, 0) is 11.0 Å². The van der Waals surface area contributed by atoms with Crippen LogP contribution in [0.15, 0.2) is 17.1 Å². The van der Waals surface area contributed by atoms with Crippen LogP contribution in [0.4, 0.5) is 18.9 Å². The summed E-state index contributed by atoms with van der Waals surface area (Å²) in [4.78, 5) is 13.1. The number of aliphatic imine (C=N–C) groups is 1. The molecule has 0 N–H and O–H groups in total. The fourth-order valence-electron chi connectivity index (χ4n) is 0.890. The Morgan fingerprint density at radius 3 is 2.47 bits per heavy atom. The maximum Gasteiger partial charge on any atom is 0.417 e. The predicted molar refractivity (Wildman–Crippen MR) is 57.0 cm³/mol. The number of alkyl halides is 3. The van der Waals surface area contributed by atoms with Crippen molar-refractivity contribution < 1.29 is 18.0 Å². The first-order valence-electron chi connectivity index (χ1n) is 3.50. The number of isocyanates is 1. The zero-order valence-electron chi connectivity index (χ0n) is 6.90. The van der Waals surface area contributed by atoms with Crippen LogP contribution in [-0.4, -0.2) is 6.08 Å².